The molecule has 0 saturated carbocycles. The molecule has 0 aliphatic rings. The third kappa shape index (κ3) is 4.52. The third-order valence-corrected chi connectivity index (χ3v) is 3.08. The Bertz CT molecular complexity index is 396. The molecule has 1 atom stereocenters. The molecule has 1 aromatic carbocycles. The van der Waals surface area contributed by atoms with Crippen LogP contribution >= 0.6 is 12.6 Å². The summed E-state index contributed by atoms with van der Waals surface area (Å²) < 4.78 is 28.0. The molecule has 1 N–H and O–H groups in total. The molecule has 0 aromatic heterocycles. The lowest BCUT2D eigenvalue weighted by Gasteiger charge is -2.14. The fourth-order valence-corrected chi connectivity index (χ4v) is 1.30. The van der Waals surface area contributed by atoms with E-state index in [2.05, 4.69) is 22.7 Å². The first-order chi connectivity index (χ1) is 8.40. The molecule has 6 heteroatoms. The highest BCUT2D eigenvalue weighted by atomic mass is 32.1. The number of hydrogen-bond donors (Lipinski definition) is 2. The van der Waals surface area contributed by atoms with Crippen LogP contribution in [0.25, 0.3) is 0 Å². The van der Waals surface area contributed by atoms with Crippen molar-refractivity contribution in [2.24, 2.45) is 5.92 Å². The molecule has 0 spiro atoms. The maximum Gasteiger partial charge on any atom is 0.387 e. The van der Waals surface area contributed by atoms with Crippen LogP contribution in [0.3, 0.4) is 0 Å². The first-order valence-electron chi connectivity index (χ1n) is 5.44. The molecule has 0 saturated heterocycles. The van der Waals surface area contributed by atoms with Gasteiger partial charge in [0.2, 0.25) is 5.91 Å². The lowest BCUT2D eigenvalue weighted by Crippen LogP contribution is -2.27. The minimum atomic E-state index is -2.85. The highest BCUT2D eigenvalue weighted by molar-refractivity contribution is 7.81. The quantitative estimate of drug-likeness (QED) is 0.810. The fourth-order valence-electron chi connectivity index (χ4n) is 1.24. The fraction of sp³-hybridized carbons (Fsp3) is 0.417. The Hall–Kier alpha value is -1.30. The Morgan fingerprint density at radius 3 is 2.28 bits per heavy atom. The molecule has 1 unspecified atom stereocenters. The number of benzene rings is 1. The normalized spacial score (nSPS) is 12.6. The summed E-state index contributed by atoms with van der Waals surface area (Å²) in [5.41, 5.74) is 0.515. The maximum absolute atomic E-state index is 11.9. The minimum absolute atomic E-state index is 0.0503. The summed E-state index contributed by atoms with van der Waals surface area (Å²) in [4.78, 5) is 11.7. The zero-order valence-electron chi connectivity index (χ0n) is 10.1. The Morgan fingerprint density at radius 1 is 1.28 bits per heavy atom. The van der Waals surface area contributed by atoms with Crippen molar-refractivity contribution < 1.29 is 18.3 Å². The number of amides is 1. The standard InChI is InChI=1S/C12H15F2NO2S/c1-7(2)10(18)11(16)15-8-3-5-9(6-4-8)17-12(13)14/h3-7,10,12,18H,1-2H3,(H,15,16). The van der Waals surface area contributed by atoms with Crippen LogP contribution in [0, 0.1) is 5.92 Å². The van der Waals surface area contributed by atoms with E-state index in [1.807, 2.05) is 13.8 Å². The summed E-state index contributed by atoms with van der Waals surface area (Å²) in [5.74, 6) is -0.0695. The molecule has 18 heavy (non-hydrogen) atoms. The molecule has 3 nitrogen and oxygen atoms in total. The molecule has 1 amide bonds. The Morgan fingerprint density at radius 2 is 1.83 bits per heavy atom. The number of halogens is 2. The average Bonchev–Trinajstić information content (AvgIpc) is 2.29. The first kappa shape index (κ1) is 14.8. The number of thiol groups is 1. The summed E-state index contributed by atoms with van der Waals surface area (Å²) in [6.45, 7) is 0.918. The molecule has 0 heterocycles. The smallest absolute Gasteiger partial charge is 0.387 e. The van der Waals surface area contributed by atoms with Gasteiger partial charge in [0.1, 0.15) is 5.75 Å². The number of rotatable bonds is 5. The zero-order valence-corrected chi connectivity index (χ0v) is 11.0. The molecular formula is C12H15F2NO2S. The van der Waals surface area contributed by atoms with Gasteiger partial charge in [-0.3, -0.25) is 4.79 Å². The number of carbonyl (C=O) groups excluding carboxylic acids is 1. The Balaban J connectivity index is 2.61. The van der Waals surface area contributed by atoms with Crippen molar-refractivity contribution in [2.75, 3.05) is 5.32 Å². The van der Waals surface area contributed by atoms with Gasteiger partial charge in [0.15, 0.2) is 0 Å². The van der Waals surface area contributed by atoms with Crippen LogP contribution in [0.1, 0.15) is 13.8 Å². The van der Waals surface area contributed by atoms with E-state index in [0.29, 0.717) is 5.69 Å². The van der Waals surface area contributed by atoms with E-state index >= 15 is 0 Å². The van der Waals surface area contributed by atoms with Gasteiger partial charge in [-0.25, -0.2) is 0 Å². The van der Waals surface area contributed by atoms with Crippen LogP contribution in [0.5, 0.6) is 5.75 Å². The van der Waals surface area contributed by atoms with Crippen LogP contribution in [0.4, 0.5) is 14.5 Å². The lowest BCUT2D eigenvalue weighted by atomic mass is 10.1. The number of hydrogen-bond acceptors (Lipinski definition) is 3. The predicted molar refractivity (Wildman–Crippen MR) is 69.3 cm³/mol. The Kier molecular flexibility index (Phi) is 5.40. The van der Waals surface area contributed by atoms with Crippen LogP contribution in [-0.4, -0.2) is 17.8 Å². The van der Waals surface area contributed by atoms with Crippen LogP contribution < -0.4 is 10.1 Å². The van der Waals surface area contributed by atoms with Gasteiger partial charge >= 0.3 is 6.61 Å². The minimum Gasteiger partial charge on any atom is -0.435 e. The van der Waals surface area contributed by atoms with Crippen molar-refractivity contribution in [2.45, 2.75) is 25.7 Å². The van der Waals surface area contributed by atoms with Gasteiger partial charge in [0, 0.05) is 5.69 Å². The SMILES string of the molecule is CC(C)C(S)C(=O)Nc1ccc(OC(F)F)cc1. The summed E-state index contributed by atoms with van der Waals surface area (Å²) in [6, 6.07) is 5.72. The lowest BCUT2D eigenvalue weighted by molar-refractivity contribution is -0.116. The van der Waals surface area contributed by atoms with Crippen LogP contribution in [0.2, 0.25) is 0 Å². The molecule has 1 rings (SSSR count). The second-order valence-corrected chi connectivity index (χ2v) is 4.64. The van der Waals surface area contributed by atoms with E-state index < -0.39 is 11.9 Å². The number of anilines is 1. The second kappa shape index (κ2) is 6.58. The summed E-state index contributed by atoms with van der Waals surface area (Å²) in [6.07, 6.45) is 0. The highest BCUT2D eigenvalue weighted by Crippen LogP contribution is 2.19. The maximum atomic E-state index is 11.9. The summed E-state index contributed by atoms with van der Waals surface area (Å²) in [7, 11) is 0. The van der Waals surface area contributed by atoms with Gasteiger partial charge in [-0.2, -0.15) is 21.4 Å². The second-order valence-electron chi connectivity index (χ2n) is 4.08. The monoisotopic (exact) mass is 275 g/mol. The topological polar surface area (TPSA) is 38.3 Å². The van der Waals surface area contributed by atoms with E-state index in [4.69, 9.17) is 0 Å². The average molecular weight is 275 g/mol. The van der Waals surface area contributed by atoms with Crippen molar-refractivity contribution in [3.63, 3.8) is 0 Å². The largest absolute Gasteiger partial charge is 0.435 e. The van der Waals surface area contributed by atoms with Gasteiger partial charge in [-0.15, -0.1) is 0 Å². The Labute approximate surface area is 110 Å². The third-order valence-electron chi connectivity index (χ3n) is 2.25. The van der Waals surface area contributed by atoms with Crippen LogP contribution in [0.15, 0.2) is 24.3 Å². The van der Waals surface area contributed by atoms with Crippen molar-refractivity contribution in [3.8, 4) is 5.75 Å². The summed E-state index contributed by atoms with van der Waals surface area (Å²) in [5, 5.41) is 2.23. The van der Waals surface area contributed by atoms with Crippen molar-refractivity contribution in [1.82, 2.24) is 0 Å². The molecule has 0 aliphatic heterocycles. The zero-order chi connectivity index (χ0) is 13.7. The van der Waals surface area contributed by atoms with Crippen molar-refractivity contribution in [1.29, 1.82) is 0 Å². The first-order valence-corrected chi connectivity index (χ1v) is 5.95. The number of nitrogens with one attached hydrogen (secondary N) is 1. The number of carbonyl (C=O) groups is 1. The van der Waals surface area contributed by atoms with Crippen LogP contribution in [-0.2, 0) is 4.79 Å². The molecule has 0 radical (unpaired) electrons. The molecule has 100 valence electrons. The van der Waals surface area contributed by atoms with Crippen molar-refractivity contribution in [3.05, 3.63) is 24.3 Å². The molecule has 1 aromatic rings. The predicted octanol–water partition coefficient (Wildman–Crippen LogP) is 3.18. The number of ether oxygens (including phenoxy) is 1. The van der Waals surface area contributed by atoms with Gasteiger partial charge < -0.3 is 10.1 Å². The van der Waals surface area contributed by atoms with E-state index in [1.165, 1.54) is 24.3 Å². The van der Waals surface area contributed by atoms with E-state index in [0.717, 1.165) is 0 Å². The van der Waals surface area contributed by atoms with E-state index in [1.54, 1.807) is 0 Å². The number of alkyl halides is 2. The summed E-state index contributed by atoms with van der Waals surface area (Å²) >= 11 is 4.18. The highest BCUT2D eigenvalue weighted by Gasteiger charge is 2.17. The van der Waals surface area contributed by atoms with E-state index in [-0.39, 0.29) is 17.6 Å². The molecule has 0 fully saturated rings. The van der Waals surface area contributed by atoms with Gasteiger partial charge in [0.25, 0.3) is 0 Å². The van der Waals surface area contributed by atoms with Crippen molar-refractivity contribution >= 4 is 24.2 Å². The van der Waals surface area contributed by atoms with Gasteiger partial charge in [-0.1, -0.05) is 13.8 Å². The molecule has 0 aliphatic carbocycles. The molecular weight excluding hydrogens is 260 g/mol. The molecule has 0 bridgehead atoms. The van der Waals surface area contributed by atoms with E-state index in [9.17, 15) is 13.6 Å². The van der Waals surface area contributed by atoms with Gasteiger partial charge in [0.05, 0.1) is 5.25 Å². The van der Waals surface area contributed by atoms with Gasteiger partial charge in [-0.05, 0) is 30.2 Å².